The Kier molecular flexibility index (Phi) is 5.57. The molecule has 4 nitrogen and oxygen atoms in total. The third kappa shape index (κ3) is 4.34. The SMILES string of the molecule is CC(C)(CC(NCc1cc2cnccc2[nH]1)C(F)(F)F)c1cc(Br)cc2c1OCC2. The maximum atomic E-state index is 13.9. The fraction of sp³-hybridized carbons (Fsp3) is 0.409. The number of alkyl halides is 3. The summed E-state index contributed by atoms with van der Waals surface area (Å²) in [6.45, 7) is 4.32. The molecule has 160 valence electrons. The summed E-state index contributed by atoms with van der Waals surface area (Å²) in [4.78, 5) is 7.18. The van der Waals surface area contributed by atoms with Crippen LogP contribution >= 0.6 is 15.9 Å². The van der Waals surface area contributed by atoms with E-state index < -0.39 is 17.6 Å². The number of hydrogen-bond donors (Lipinski definition) is 2. The molecule has 1 aromatic carbocycles. The van der Waals surface area contributed by atoms with Crippen LogP contribution in [0.1, 0.15) is 37.1 Å². The second-order valence-electron chi connectivity index (χ2n) is 8.36. The van der Waals surface area contributed by atoms with E-state index in [-0.39, 0.29) is 13.0 Å². The quantitative estimate of drug-likeness (QED) is 0.478. The van der Waals surface area contributed by atoms with E-state index >= 15 is 0 Å². The molecule has 0 aliphatic carbocycles. The first kappa shape index (κ1) is 21.2. The van der Waals surface area contributed by atoms with E-state index in [0.717, 1.165) is 38.7 Å². The van der Waals surface area contributed by atoms with Crippen molar-refractivity contribution in [3.05, 3.63) is 58.0 Å². The highest BCUT2D eigenvalue weighted by Gasteiger charge is 2.43. The van der Waals surface area contributed by atoms with Crippen molar-refractivity contribution in [2.75, 3.05) is 6.61 Å². The lowest BCUT2D eigenvalue weighted by Crippen LogP contribution is -2.45. The summed E-state index contributed by atoms with van der Waals surface area (Å²) < 4.78 is 48.3. The van der Waals surface area contributed by atoms with Crippen molar-refractivity contribution in [2.45, 2.75) is 50.9 Å². The van der Waals surface area contributed by atoms with E-state index in [1.165, 1.54) is 0 Å². The minimum absolute atomic E-state index is 0.0853. The van der Waals surface area contributed by atoms with Gasteiger partial charge in [-0.15, -0.1) is 0 Å². The second kappa shape index (κ2) is 7.89. The molecule has 1 aliphatic rings. The lowest BCUT2D eigenvalue weighted by Gasteiger charge is -2.33. The maximum Gasteiger partial charge on any atom is 0.403 e. The zero-order valence-electron chi connectivity index (χ0n) is 16.7. The molecule has 1 atom stereocenters. The molecule has 8 heteroatoms. The van der Waals surface area contributed by atoms with Crippen molar-refractivity contribution >= 4 is 26.8 Å². The van der Waals surface area contributed by atoms with Gasteiger partial charge < -0.3 is 15.0 Å². The summed E-state index contributed by atoms with van der Waals surface area (Å²) in [5.74, 6) is 0.729. The Labute approximate surface area is 181 Å². The number of halogens is 4. The zero-order chi connectivity index (χ0) is 21.5. The number of benzene rings is 1. The second-order valence-corrected chi connectivity index (χ2v) is 9.28. The molecule has 0 spiro atoms. The van der Waals surface area contributed by atoms with Gasteiger partial charge >= 0.3 is 6.18 Å². The van der Waals surface area contributed by atoms with Crippen LogP contribution in [0.2, 0.25) is 0 Å². The number of ether oxygens (including phenoxy) is 1. The van der Waals surface area contributed by atoms with Gasteiger partial charge in [0, 0.05) is 52.0 Å². The molecule has 2 N–H and O–H groups in total. The molecule has 3 heterocycles. The van der Waals surface area contributed by atoms with E-state index in [0.29, 0.717) is 12.3 Å². The topological polar surface area (TPSA) is 49.9 Å². The van der Waals surface area contributed by atoms with Crippen molar-refractivity contribution in [1.82, 2.24) is 15.3 Å². The van der Waals surface area contributed by atoms with Gasteiger partial charge in [-0.25, -0.2) is 0 Å². The number of nitrogens with one attached hydrogen (secondary N) is 2. The normalized spacial score (nSPS) is 15.3. The number of aromatic amines is 1. The lowest BCUT2D eigenvalue weighted by molar-refractivity contribution is -0.160. The van der Waals surface area contributed by atoms with E-state index in [2.05, 4.69) is 31.2 Å². The molecule has 1 unspecified atom stereocenters. The summed E-state index contributed by atoms with van der Waals surface area (Å²) in [6.07, 6.45) is -0.372. The number of fused-ring (bicyclic) bond motifs is 2. The summed E-state index contributed by atoms with van der Waals surface area (Å²) in [7, 11) is 0. The van der Waals surface area contributed by atoms with Gasteiger partial charge in [0.1, 0.15) is 11.8 Å². The highest BCUT2D eigenvalue weighted by atomic mass is 79.9. The van der Waals surface area contributed by atoms with Crippen molar-refractivity contribution < 1.29 is 17.9 Å². The van der Waals surface area contributed by atoms with Gasteiger partial charge in [-0.3, -0.25) is 4.98 Å². The van der Waals surface area contributed by atoms with Crippen LogP contribution in [0.15, 0.2) is 41.1 Å². The molecule has 3 aromatic rings. The van der Waals surface area contributed by atoms with Gasteiger partial charge in [0.15, 0.2) is 0 Å². The number of rotatable bonds is 6. The Morgan fingerprint density at radius 3 is 2.80 bits per heavy atom. The largest absolute Gasteiger partial charge is 0.493 e. The molecule has 0 amide bonds. The van der Waals surface area contributed by atoms with Gasteiger partial charge in [-0.2, -0.15) is 13.2 Å². The Balaban J connectivity index is 1.55. The van der Waals surface area contributed by atoms with E-state index in [9.17, 15) is 13.2 Å². The molecule has 0 fully saturated rings. The highest BCUT2D eigenvalue weighted by Crippen LogP contribution is 2.43. The van der Waals surface area contributed by atoms with Crippen LogP contribution in [0.5, 0.6) is 5.75 Å². The number of H-pyrrole nitrogens is 1. The Morgan fingerprint density at radius 1 is 1.27 bits per heavy atom. The van der Waals surface area contributed by atoms with Crippen LogP contribution in [0.4, 0.5) is 13.2 Å². The molecular weight excluding hydrogens is 459 g/mol. The van der Waals surface area contributed by atoms with Crippen molar-refractivity contribution in [1.29, 1.82) is 0 Å². The van der Waals surface area contributed by atoms with Crippen LogP contribution in [0, 0.1) is 0 Å². The van der Waals surface area contributed by atoms with Crippen LogP contribution in [-0.4, -0.2) is 28.8 Å². The van der Waals surface area contributed by atoms with Crippen LogP contribution in [0.25, 0.3) is 10.9 Å². The van der Waals surface area contributed by atoms with Crippen molar-refractivity contribution in [3.8, 4) is 5.75 Å². The molecule has 0 saturated heterocycles. The van der Waals surface area contributed by atoms with Crippen LogP contribution in [0.3, 0.4) is 0 Å². The Morgan fingerprint density at radius 2 is 2.07 bits per heavy atom. The number of nitrogens with zero attached hydrogens (tertiary/aromatic N) is 1. The molecule has 0 saturated carbocycles. The van der Waals surface area contributed by atoms with E-state index in [1.54, 1.807) is 18.5 Å². The van der Waals surface area contributed by atoms with E-state index in [4.69, 9.17) is 4.74 Å². The smallest absolute Gasteiger partial charge is 0.403 e. The predicted octanol–water partition coefficient (Wildman–Crippen LogP) is 5.65. The highest BCUT2D eigenvalue weighted by molar-refractivity contribution is 9.10. The number of hydrogen-bond acceptors (Lipinski definition) is 3. The summed E-state index contributed by atoms with van der Waals surface area (Å²) in [5.41, 5.74) is 2.65. The molecule has 1 aliphatic heterocycles. The van der Waals surface area contributed by atoms with E-state index in [1.807, 2.05) is 32.0 Å². The van der Waals surface area contributed by atoms with Crippen LogP contribution < -0.4 is 10.1 Å². The monoisotopic (exact) mass is 481 g/mol. The number of aromatic nitrogens is 2. The zero-order valence-corrected chi connectivity index (χ0v) is 18.3. The van der Waals surface area contributed by atoms with Gasteiger partial charge in [-0.05, 0) is 41.7 Å². The lowest BCUT2D eigenvalue weighted by atomic mass is 9.77. The number of pyridine rings is 1. The van der Waals surface area contributed by atoms with Crippen LogP contribution in [-0.2, 0) is 18.4 Å². The van der Waals surface area contributed by atoms with Gasteiger partial charge in [0.2, 0.25) is 0 Å². The minimum Gasteiger partial charge on any atom is -0.493 e. The predicted molar refractivity (Wildman–Crippen MR) is 114 cm³/mol. The van der Waals surface area contributed by atoms with Crippen molar-refractivity contribution in [3.63, 3.8) is 0 Å². The summed E-state index contributed by atoms with van der Waals surface area (Å²) >= 11 is 3.49. The van der Waals surface area contributed by atoms with Crippen molar-refractivity contribution in [2.24, 2.45) is 0 Å². The average Bonchev–Trinajstić information content (AvgIpc) is 3.29. The first-order valence-electron chi connectivity index (χ1n) is 9.81. The first-order valence-corrected chi connectivity index (χ1v) is 10.6. The van der Waals surface area contributed by atoms with Gasteiger partial charge in [-0.1, -0.05) is 29.8 Å². The molecule has 4 rings (SSSR count). The average molecular weight is 482 g/mol. The fourth-order valence-corrected chi connectivity index (χ4v) is 4.56. The maximum absolute atomic E-state index is 13.9. The third-order valence-electron chi connectivity index (χ3n) is 5.60. The molecule has 0 radical (unpaired) electrons. The van der Waals surface area contributed by atoms with Gasteiger partial charge in [0.05, 0.1) is 6.61 Å². The molecule has 0 bridgehead atoms. The standard InChI is InChI=1S/C22H23BrF3N3O/c1-21(2,17-9-15(23)7-13-4-6-30-20(13)17)10-19(22(24,25)26)28-12-16-8-14-11-27-5-3-18(14)29-16/h3,5,7-9,11,19,28-29H,4,6,10,12H2,1-2H3. The first-order chi connectivity index (χ1) is 14.1. The fourth-order valence-electron chi connectivity index (χ4n) is 4.06. The summed E-state index contributed by atoms with van der Waals surface area (Å²) in [5, 5.41) is 3.59. The third-order valence-corrected chi connectivity index (χ3v) is 6.06. The summed E-state index contributed by atoms with van der Waals surface area (Å²) in [6, 6.07) is 5.82. The molecule has 30 heavy (non-hydrogen) atoms. The molecule has 2 aromatic heterocycles. The minimum atomic E-state index is -4.37. The van der Waals surface area contributed by atoms with Gasteiger partial charge in [0.25, 0.3) is 0 Å². The Hall–Kier alpha value is -2.06. The molecular formula is C22H23BrF3N3O. The Bertz CT molecular complexity index is 1030.